The summed E-state index contributed by atoms with van der Waals surface area (Å²) in [5.41, 5.74) is 0.856. The van der Waals surface area contributed by atoms with E-state index in [1.807, 2.05) is 6.07 Å². The molecule has 6 nitrogen and oxygen atoms in total. The molecular weight excluding hydrogens is 396 g/mol. The fourth-order valence-corrected chi connectivity index (χ4v) is 4.25. The lowest BCUT2D eigenvalue weighted by molar-refractivity contribution is -0.113. The number of halogens is 2. The molecule has 0 radical (unpaired) electrons. The average molecular weight is 415 g/mol. The highest BCUT2D eigenvalue weighted by atomic mass is 32.2. The second kappa shape index (κ2) is 8.69. The molecule has 1 amide bonds. The van der Waals surface area contributed by atoms with Crippen LogP contribution in [0.5, 0.6) is 0 Å². The van der Waals surface area contributed by atoms with Crippen LogP contribution >= 0.6 is 11.8 Å². The summed E-state index contributed by atoms with van der Waals surface area (Å²) < 4.78 is 30.0. The van der Waals surface area contributed by atoms with E-state index in [9.17, 15) is 13.6 Å². The number of benzene rings is 2. The van der Waals surface area contributed by atoms with E-state index in [0.717, 1.165) is 31.7 Å². The molecule has 3 aromatic rings. The number of anilines is 1. The van der Waals surface area contributed by atoms with Gasteiger partial charge in [0.25, 0.3) is 0 Å². The number of carbonyl (C=O) groups is 1. The van der Waals surface area contributed by atoms with E-state index >= 15 is 0 Å². The molecule has 2 aromatic carbocycles. The summed E-state index contributed by atoms with van der Waals surface area (Å²) in [7, 11) is 0. The molecule has 0 aliphatic heterocycles. The number of amides is 1. The molecule has 4 rings (SSSR count). The van der Waals surface area contributed by atoms with Crippen LogP contribution in [0.3, 0.4) is 0 Å². The number of thioether (sulfide) groups is 1. The van der Waals surface area contributed by atoms with Gasteiger partial charge in [-0.1, -0.05) is 54.9 Å². The molecule has 1 aliphatic carbocycles. The second-order valence-electron chi connectivity index (χ2n) is 6.86. The quantitative estimate of drug-likeness (QED) is 0.602. The molecule has 9 heteroatoms. The molecule has 1 N–H and O–H groups in total. The molecule has 0 saturated heterocycles. The van der Waals surface area contributed by atoms with Crippen molar-refractivity contribution in [1.82, 2.24) is 20.2 Å². The first kappa shape index (κ1) is 19.5. The van der Waals surface area contributed by atoms with Crippen molar-refractivity contribution in [3.8, 4) is 11.1 Å². The summed E-state index contributed by atoms with van der Waals surface area (Å²) in [6.07, 6.45) is 4.32. The molecule has 1 fully saturated rings. The predicted molar refractivity (Wildman–Crippen MR) is 106 cm³/mol. The van der Waals surface area contributed by atoms with Crippen LogP contribution in [0.1, 0.15) is 31.7 Å². The van der Waals surface area contributed by atoms with Crippen LogP contribution in [0.4, 0.5) is 14.5 Å². The van der Waals surface area contributed by atoms with Crippen LogP contribution in [0.15, 0.2) is 47.6 Å². The lowest BCUT2D eigenvalue weighted by Gasteiger charge is -2.13. The molecule has 1 heterocycles. The van der Waals surface area contributed by atoms with Crippen molar-refractivity contribution in [1.29, 1.82) is 0 Å². The highest BCUT2D eigenvalue weighted by Gasteiger charge is 2.22. The van der Waals surface area contributed by atoms with E-state index in [1.54, 1.807) is 28.9 Å². The lowest BCUT2D eigenvalue weighted by atomic mass is 10.0. The van der Waals surface area contributed by atoms with E-state index in [0.29, 0.717) is 10.7 Å². The Morgan fingerprint density at radius 2 is 1.93 bits per heavy atom. The van der Waals surface area contributed by atoms with Crippen LogP contribution in [-0.2, 0) is 4.79 Å². The number of hydrogen-bond donors (Lipinski definition) is 1. The van der Waals surface area contributed by atoms with Crippen molar-refractivity contribution < 1.29 is 13.6 Å². The van der Waals surface area contributed by atoms with E-state index in [-0.39, 0.29) is 23.0 Å². The maximum atomic E-state index is 14.4. The SMILES string of the molecule is O=C(CSc1nnnn1C1CCCC1)Nc1c(F)cc(F)cc1-c1ccccc1. The van der Waals surface area contributed by atoms with Gasteiger partial charge in [-0.2, -0.15) is 0 Å². The van der Waals surface area contributed by atoms with E-state index in [1.165, 1.54) is 17.8 Å². The van der Waals surface area contributed by atoms with Crippen molar-refractivity contribution in [2.45, 2.75) is 36.9 Å². The largest absolute Gasteiger partial charge is 0.322 e. The Morgan fingerprint density at radius 3 is 2.69 bits per heavy atom. The Hall–Kier alpha value is -2.81. The molecule has 29 heavy (non-hydrogen) atoms. The zero-order valence-electron chi connectivity index (χ0n) is 15.5. The summed E-state index contributed by atoms with van der Waals surface area (Å²) in [4.78, 5) is 12.5. The molecule has 1 aliphatic rings. The predicted octanol–water partition coefficient (Wildman–Crippen LogP) is 4.46. The van der Waals surface area contributed by atoms with Crippen LogP contribution in [0.25, 0.3) is 11.1 Å². The van der Waals surface area contributed by atoms with Crippen molar-refractivity contribution in [2.75, 3.05) is 11.1 Å². The summed E-state index contributed by atoms with van der Waals surface area (Å²) >= 11 is 1.20. The van der Waals surface area contributed by atoms with Gasteiger partial charge in [0.05, 0.1) is 17.5 Å². The molecule has 1 saturated carbocycles. The van der Waals surface area contributed by atoms with E-state index in [4.69, 9.17) is 0 Å². The molecule has 150 valence electrons. The Labute approximate surface area is 170 Å². The molecule has 0 atom stereocenters. The number of nitrogens with one attached hydrogen (secondary N) is 1. The van der Waals surface area contributed by atoms with Crippen LogP contribution in [-0.4, -0.2) is 31.9 Å². The standard InChI is InChI=1S/C20H19F2N5OS/c21-14-10-16(13-6-2-1-3-7-13)19(17(22)11-14)23-18(28)12-29-20-24-25-26-27(20)15-8-4-5-9-15/h1-3,6-7,10-11,15H,4-5,8-9,12H2,(H,23,28). The minimum atomic E-state index is -0.821. The minimum Gasteiger partial charge on any atom is -0.322 e. The monoisotopic (exact) mass is 415 g/mol. The molecule has 1 aromatic heterocycles. The van der Waals surface area contributed by atoms with E-state index in [2.05, 4.69) is 20.8 Å². The van der Waals surface area contributed by atoms with Crippen molar-refractivity contribution >= 4 is 23.4 Å². The van der Waals surface area contributed by atoms with Crippen molar-refractivity contribution in [3.63, 3.8) is 0 Å². The van der Waals surface area contributed by atoms with E-state index < -0.39 is 17.5 Å². The van der Waals surface area contributed by atoms with Gasteiger partial charge >= 0.3 is 0 Å². The van der Waals surface area contributed by atoms with Gasteiger partial charge in [-0.3, -0.25) is 4.79 Å². The maximum absolute atomic E-state index is 14.4. The zero-order chi connectivity index (χ0) is 20.2. The fourth-order valence-electron chi connectivity index (χ4n) is 3.51. The number of nitrogens with zero attached hydrogens (tertiary/aromatic N) is 4. The number of aromatic nitrogens is 4. The highest BCUT2D eigenvalue weighted by molar-refractivity contribution is 7.99. The van der Waals surface area contributed by atoms with Gasteiger partial charge in [0.1, 0.15) is 11.6 Å². The molecular formula is C20H19F2N5OS. The Balaban J connectivity index is 1.49. The lowest BCUT2D eigenvalue weighted by Crippen LogP contribution is -2.17. The van der Waals surface area contributed by atoms with Crippen LogP contribution < -0.4 is 5.32 Å². The van der Waals surface area contributed by atoms with Crippen LogP contribution in [0.2, 0.25) is 0 Å². The summed E-state index contributed by atoms with van der Waals surface area (Å²) in [6.45, 7) is 0. The third kappa shape index (κ3) is 4.45. The fraction of sp³-hybridized carbons (Fsp3) is 0.300. The summed E-state index contributed by atoms with van der Waals surface area (Å²) in [5, 5.41) is 14.9. The molecule has 0 unspecified atom stereocenters. The van der Waals surface area contributed by atoms with Gasteiger partial charge in [-0.05, 0) is 34.9 Å². The van der Waals surface area contributed by atoms with Gasteiger partial charge in [0.15, 0.2) is 0 Å². The average Bonchev–Trinajstić information content (AvgIpc) is 3.40. The first-order valence-electron chi connectivity index (χ1n) is 9.37. The third-order valence-electron chi connectivity index (χ3n) is 4.87. The summed E-state index contributed by atoms with van der Waals surface area (Å²) in [6, 6.07) is 11.0. The Kier molecular flexibility index (Phi) is 5.84. The van der Waals surface area contributed by atoms with Gasteiger partial charge in [0, 0.05) is 11.6 Å². The second-order valence-corrected chi connectivity index (χ2v) is 7.80. The topological polar surface area (TPSA) is 72.7 Å². The Bertz CT molecular complexity index is 1010. The van der Waals surface area contributed by atoms with Gasteiger partial charge in [-0.15, -0.1) is 5.10 Å². The number of tetrazole rings is 1. The number of rotatable bonds is 6. The van der Waals surface area contributed by atoms with Gasteiger partial charge in [-0.25, -0.2) is 13.5 Å². The third-order valence-corrected chi connectivity index (χ3v) is 5.80. The summed E-state index contributed by atoms with van der Waals surface area (Å²) in [5.74, 6) is -1.93. The van der Waals surface area contributed by atoms with Gasteiger partial charge < -0.3 is 5.32 Å². The normalized spacial score (nSPS) is 14.3. The van der Waals surface area contributed by atoms with Crippen molar-refractivity contribution in [3.05, 3.63) is 54.1 Å². The van der Waals surface area contributed by atoms with Crippen molar-refractivity contribution in [2.24, 2.45) is 0 Å². The molecule has 0 spiro atoms. The maximum Gasteiger partial charge on any atom is 0.234 e. The first-order valence-corrected chi connectivity index (χ1v) is 10.4. The number of carbonyl (C=O) groups excluding carboxylic acids is 1. The number of hydrogen-bond acceptors (Lipinski definition) is 5. The highest BCUT2D eigenvalue weighted by Crippen LogP contribution is 2.33. The zero-order valence-corrected chi connectivity index (χ0v) is 16.3. The smallest absolute Gasteiger partial charge is 0.234 e. The first-order chi connectivity index (χ1) is 14.1. The molecule has 0 bridgehead atoms. The van der Waals surface area contributed by atoms with Gasteiger partial charge in [0.2, 0.25) is 11.1 Å². The minimum absolute atomic E-state index is 0.0120. The Morgan fingerprint density at radius 1 is 1.17 bits per heavy atom. The van der Waals surface area contributed by atoms with Crippen LogP contribution in [0, 0.1) is 11.6 Å².